The van der Waals surface area contributed by atoms with Crippen LogP contribution in [0, 0.1) is 0 Å². The lowest BCUT2D eigenvalue weighted by atomic mass is 10.1. The van der Waals surface area contributed by atoms with Crippen molar-refractivity contribution in [3.63, 3.8) is 0 Å². The Bertz CT molecular complexity index is 962. The van der Waals surface area contributed by atoms with Crippen LogP contribution in [0.4, 0.5) is 0 Å². The quantitative estimate of drug-likeness (QED) is 0.608. The zero-order valence-electron chi connectivity index (χ0n) is 15.7. The molecule has 144 valence electrons. The Morgan fingerprint density at radius 2 is 1.14 bits per heavy atom. The summed E-state index contributed by atoms with van der Waals surface area (Å²) >= 11 is 0. The summed E-state index contributed by atoms with van der Waals surface area (Å²) in [5, 5.41) is -1.16. The van der Waals surface area contributed by atoms with E-state index in [1.54, 1.807) is 23.1 Å². The second-order valence-electron chi connectivity index (χ2n) is 6.67. The maximum absolute atomic E-state index is 13.2. The van der Waals surface area contributed by atoms with Gasteiger partial charge in [0.1, 0.15) is 5.25 Å². The molecule has 0 heterocycles. The van der Waals surface area contributed by atoms with Crippen LogP contribution in [0.5, 0.6) is 0 Å². The molecule has 0 radical (unpaired) electrons. The van der Waals surface area contributed by atoms with Crippen molar-refractivity contribution in [3.8, 4) is 0 Å². The normalized spacial score (nSPS) is 12.3. The van der Waals surface area contributed by atoms with Gasteiger partial charge in [-0.25, -0.2) is 8.42 Å². The molecule has 28 heavy (non-hydrogen) atoms. The molecular formula is C23H23NO3S. The highest BCUT2D eigenvalue weighted by Crippen LogP contribution is 2.20. The minimum atomic E-state index is -3.76. The second kappa shape index (κ2) is 8.85. The van der Waals surface area contributed by atoms with Gasteiger partial charge in [0.2, 0.25) is 5.91 Å². The van der Waals surface area contributed by atoms with Crippen molar-refractivity contribution >= 4 is 15.7 Å². The van der Waals surface area contributed by atoms with Crippen LogP contribution in [0.1, 0.15) is 18.1 Å². The molecule has 3 aromatic rings. The molecule has 1 atom stereocenters. The number of hydrogen-bond donors (Lipinski definition) is 0. The van der Waals surface area contributed by atoms with E-state index in [2.05, 4.69) is 0 Å². The minimum Gasteiger partial charge on any atom is -0.333 e. The van der Waals surface area contributed by atoms with E-state index in [4.69, 9.17) is 0 Å². The van der Waals surface area contributed by atoms with Crippen LogP contribution in [-0.4, -0.2) is 24.5 Å². The maximum Gasteiger partial charge on any atom is 0.241 e. The monoisotopic (exact) mass is 393 g/mol. The molecule has 0 aliphatic heterocycles. The molecule has 0 N–H and O–H groups in total. The van der Waals surface area contributed by atoms with Crippen LogP contribution in [0.3, 0.4) is 0 Å². The van der Waals surface area contributed by atoms with Crippen molar-refractivity contribution in [2.75, 3.05) is 0 Å². The Labute approximate surface area is 166 Å². The third kappa shape index (κ3) is 4.67. The van der Waals surface area contributed by atoms with Crippen molar-refractivity contribution in [3.05, 3.63) is 102 Å². The molecule has 0 saturated carbocycles. The molecule has 0 saturated heterocycles. The van der Waals surface area contributed by atoms with Gasteiger partial charge in [0.05, 0.1) is 4.90 Å². The molecule has 0 aromatic heterocycles. The van der Waals surface area contributed by atoms with E-state index in [1.807, 2.05) is 60.7 Å². The smallest absolute Gasteiger partial charge is 0.241 e. The summed E-state index contributed by atoms with van der Waals surface area (Å²) in [6.07, 6.45) is 0. The van der Waals surface area contributed by atoms with Crippen molar-refractivity contribution < 1.29 is 13.2 Å². The summed E-state index contributed by atoms with van der Waals surface area (Å²) in [6, 6.07) is 27.3. The highest BCUT2D eigenvalue weighted by Gasteiger charge is 2.33. The average Bonchev–Trinajstić information content (AvgIpc) is 2.74. The van der Waals surface area contributed by atoms with Crippen LogP contribution < -0.4 is 0 Å². The first-order chi connectivity index (χ1) is 13.5. The van der Waals surface area contributed by atoms with E-state index in [1.165, 1.54) is 19.1 Å². The lowest BCUT2D eigenvalue weighted by molar-refractivity contribution is -0.131. The molecule has 0 spiro atoms. The highest BCUT2D eigenvalue weighted by molar-refractivity contribution is 7.92. The first kappa shape index (κ1) is 19.8. The summed E-state index contributed by atoms with van der Waals surface area (Å²) in [4.78, 5) is 15.0. The molecule has 3 aromatic carbocycles. The maximum atomic E-state index is 13.2. The Morgan fingerprint density at radius 1 is 0.750 bits per heavy atom. The number of rotatable bonds is 7. The molecule has 1 amide bonds. The van der Waals surface area contributed by atoms with Gasteiger partial charge in [-0.3, -0.25) is 4.79 Å². The molecule has 1 unspecified atom stereocenters. The van der Waals surface area contributed by atoms with E-state index in [9.17, 15) is 13.2 Å². The molecule has 0 bridgehead atoms. The topological polar surface area (TPSA) is 54.5 Å². The van der Waals surface area contributed by atoms with Gasteiger partial charge < -0.3 is 4.90 Å². The van der Waals surface area contributed by atoms with Crippen molar-refractivity contribution in [2.24, 2.45) is 0 Å². The van der Waals surface area contributed by atoms with E-state index in [0.717, 1.165) is 11.1 Å². The van der Waals surface area contributed by atoms with Crippen LogP contribution >= 0.6 is 0 Å². The van der Waals surface area contributed by atoms with Gasteiger partial charge in [-0.05, 0) is 30.2 Å². The van der Waals surface area contributed by atoms with Crippen molar-refractivity contribution in [2.45, 2.75) is 30.2 Å². The van der Waals surface area contributed by atoms with Gasteiger partial charge in [-0.15, -0.1) is 0 Å². The predicted molar refractivity (Wildman–Crippen MR) is 110 cm³/mol. The Morgan fingerprint density at radius 3 is 1.57 bits per heavy atom. The van der Waals surface area contributed by atoms with Crippen LogP contribution in [-0.2, 0) is 27.7 Å². The third-order valence-corrected chi connectivity index (χ3v) is 6.69. The van der Waals surface area contributed by atoms with E-state index in [-0.39, 0.29) is 4.90 Å². The largest absolute Gasteiger partial charge is 0.333 e. The average molecular weight is 394 g/mol. The summed E-state index contributed by atoms with van der Waals surface area (Å²) in [5.41, 5.74) is 1.91. The zero-order valence-corrected chi connectivity index (χ0v) is 16.5. The first-order valence-electron chi connectivity index (χ1n) is 9.14. The number of hydrogen-bond acceptors (Lipinski definition) is 3. The number of nitrogens with zero attached hydrogens (tertiary/aromatic N) is 1. The van der Waals surface area contributed by atoms with E-state index >= 15 is 0 Å². The molecule has 3 rings (SSSR count). The Hall–Kier alpha value is -2.92. The highest BCUT2D eigenvalue weighted by atomic mass is 32.2. The standard InChI is InChI=1S/C23H23NO3S/c1-19(28(26,27)22-15-9-4-10-16-22)23(25)24(17-20-11-5-2-6-12-20)18-21-13-7-3-8-14-21/h2-16,19H,17-18H2,1H3. The Kier molecular flexibility index (Phi) is 6.26. The molecular weight excluding hydrogens is 370 g/mol. The Balaban J connectivity index is 1.88. The van der Waals surface area contributed by atoms with Gasteiger partial charge in [0.15, 0.2) is 9.84 Å². The van der Waals surface area contributed by atoms with Gasteiger partial charge in [-0.1, -0.05) is 78.9 Å². The van der Waals surface area contributed by atoms with Gasteiger partial charge in [0.25, 0.3) is 0 Å². The number of sulfone groups is 1. The number of benzene rings is 3. The number of carbonyl (C=O) groups is 1. The number of amides is 1. The van der Waals surface area contributed by atoms with Gasteiger partial charge in [0, 0.05) is 13.1 Å². The summed E-state index contributed by atoms with van der Waals surface area (Å²) < 4.78 is 25.9. The fourth-order valence-electron chi connectivity index (χ4n) is 3.02. The SMILES string of the molecule is CC(C(=O)N(Cc1ccccc1)Cc1ccccc1)S(=O)(=O)c1ccccc1. The van der Waals surface area contributed by atoms with Gasteiger partial charge in [-0.2, -0.15) is 0 Å². The summed E-state index contributed by atoms with van der Waals surface area (Å²) in [6.45, 7) is 2.17. The van der Waals surface area contributed by atoms with Crippen molar-refractivity contribution in [1.29, 1.82) is 0 Å². The third-order valence-electron chi connectivity index (χ3n) is 4.63. The van der Waals surface area contributed by atoms with E-state index < -0.39 is 21.0 Å². The van der Waals surface area contributed by atoms with Gasteiger partial charge >= 0.3 is 0 Å². The molecule has 0 aliphatic rings. The fourth-order valence-corrected chi connectivity index (χ4v) is 4.38. The summed E-state index contributed by atoms with van der Waals surface area (Å²) in [7, 11) is -3.76. The van der Waals surface area contributed by atoms with Crippen LogP contribution in [0.25, 0.3) is 0 Å². The first-order valence-corrected chi connectivity index (χ1v) is 10.7. The summed E-state index contributed by atoms with van der Waals surface area (Å²) in [5.74, 6) is -0.406. The lowest BCUT2D eigenvalue weighted by Gasteiger charge is -2.26. The van der Waals surface area contributed by atoms with Crippen LogP contribution in [0.15, 0.2) is 95.9 Å². The predicted octanol–water partition coefficient (Wildman–Crippen LogP) is 4.08. The zero-order chi connectivity index (χ0) is 20.0. The van der Waals surface area contributed by atoms with Crippen LogP contribution in [0.2, 0.25) is 0 Å². The minimum absolute atomic E-state index is 0.162. The number of carbonyl (C=O) groups excluding carboxylic acids is 1. The van der Waals surface area contributed by atoms with E-state index in [0.29, 0.717) is 13.1 Å². The molecule has 0 aliphatic carbocycles. The molecule has 0 fully saturated rings. The second-order valence-corrected chi connectivity index (χ2v) is 8.93. The fraction of sp³-hybridized carbons (Fsp3) is 0.174. The molecule has 4 nitrogen and oxygen atoms in total. The van der Waals surface area contributed by atoms with Crippen molar-refractivity contribution in [1.82, 2.24) is 4.90 Å². The lowest BCUT2D eigenvalue weighted by Crippen LogP contribution is -2.40. The molecule has 5 heteroatoms.